The van der Waals surface area contributed by atoms with Gasteiger partial charge in [0.2, 0.25) is 0 Å². The summed E-state index contributed by atoms with van der Waals surface area (Å²) in [6, 6.07) is 0. The number of methoxy groups -OCH3 is 2. The molecule has 0 amide bonds. The van der Waals surface area contributed by atoms with E-state index in [-0.39, 0.29) is 61.0 Å². The molecule has 0 aromatic carbocycles. The van der Waals surface area contributed by atoms with Crippen molar-refractivity contribution in [3.05, 3.63) is 0 Å². The van der Waals surface area contributed by atoms with E-state index in [1.165, 1.54) is 105 Å². The Balaban J connectivity index is -0.0000000785. The maximum absolute atomic E-state index is 10.8. The quantitative estimate of drug-likeness (QED) is 0.0435. The van der Waals surface area contributed by atoms with E-state index >= 15 is 0 Å². The largest absolute Gasteiger partial charge is 0.469 e. The summed E-state index contributed by atoms with van der Waals surface area (Å²) >= 11 is 0. The lowest BCUT2D eigenvalue weighted by molar-refractivity contribution is -0.142. The lowest BCUT2D eigenvalue weighted by atomic mass is 9.92. The van der Waals surface area contributed by atoms with Gasteiger partial charge in [-0.1, -0.05) is 196 Å². The maximum atomic E-state index is 10.8. The first kappa shape index (κ1) is 77.5. The van der Waals surface area contributed by atoms with E-state index in [1.54, 1.807) is 0 Å². The Labute approximate surface area is 372 Å². The van der Waals surface area contributed by atoms with Crippen molar-refractivity contribution in [3.63, 3.8) is 0 Å². The summed E-state index contributed by atoms with van der Waals surface area (Å²) in [5.41, 5.74) is 0. The molecule has 0 fully saturated rings. The van der Waals surface area contributed by atoms with Crippen molar-refractivity contribution in [2.45, 2.75) is 249 Å². The monoisotopic (exact) mass is 853 g/mol. The van der Waals surface area contributed by atoms with Crippen LogP contribution >= 0.6 is 0 Å². The molecular weight excluding hydrogens is 741 g/mol. The van der Waals surface area contributed by atoms with E-state index in [9.17, 15) is 19.2 Å². The third-order valence-electron chi connectivity index (χ3n) is 9.77. The Morgan fingerprint density at radius 3 is 0.898 bits per heavy atom. The first-order chi connectivity index (χ1) is 25.4. The zero-order valence-electron chi connectivity index (χ0n) is 38.3. The molecule has 8 nitrogen and oxygen atoms in total. The zero-order valence-corrected chi connectivity index (χ0v) is 38.3. The molecule has 364 valence electrons. The van der Waals surface area contributed by atoms with E-state index in [4.69, 9.17) is 9.47 Å². The molecule has 8 heteroatoms. The van der Waals surface area contributed by atoms with Gasteiger partial charge in [0.1, 0.15) is 0 Å². The van der Waals surface area contributed by atoms with Crippen LogP contribution in [0.25, 0.3) is 0 Å². The minimum atomic E-state index is -0.166. The van der Waals surface area contributed by atoms with Gasteiger partial charge in [-0.25, -0.2) is 0 Å². The molecule has 0 aromatic heterocycles. The number of hydrogen-bond acceptors (Lipinski definition) is 8. The van der Waals surface area contributed by atoms with Gasteiger partial charge in [0.25, 0.3) is 0 Å². The Morgan fingerprint density at radius 2 is 0.627 bits per heavy atom. The number of carbonyl (C=O) groups is 4. The van der Waals surface area contributed by atoms with Crippen molar-refractivity contribution < 1.29 is 38.1 Å². The molecule has 0 aliphatic rings. The first-order valence-electron chi connectivity index (χ1n) is 21.8. The molecule has 0 radical (unpaired) electrons. The van der Waals surface area contributed by atoms with Crippen LogP contribution < -0.4 is 0 Å². The van der Waals surface area contributed by atoms with Gasteiger partial charge in [-0.2, -0.15) is 0 Å². The van der Waals surface area contributed by atoms with Gasteiger partial charge in [0.05, 0.1) is 27.4 Å². The highest BCUT2D eigenvalue weighted by Crippen LogP contribution is 2.19. The smallest absolute Gasteiger partial charge is 0.305 e. The van der Waals surface area contributed by atoms with Gasteiger partial charge < -0.3 is 18.9 Å². The van der Waals surface area contributed by atoms with Gasteiger partial charge in [0.15, 0.2) is 0 Å². The molecule has 0 aliphatic carbocycles. The van der Waals surface area contributed by atoms with E-state index < -0.39 is 0 Å². The predicted octanol–water partition coefficient (Wildman–Crippen LogP) is 16.3. The summed E-state index contributed by atoms with van der Waals surface area (Å²) in [5.74, 6) is 4.29. The number of unbranched alkanes of at least 4 members (excludes halogenated alkanes) is 10. The van der Waals surface area contributed by atoms with Crippen LogP contribution in [0.15, 0.2) is 0 Å². The van der Waals surface area contributed by atoms with Crippen LogP contribution in [0.3, 0.4) is 0 Å². The third kappa shape index (κ3) is 77.1. The second-order valence-corrected chi connectivity index (χ2v) is 16.7. The molecular formula is C51H112O8. The molecule has 0 saturated carbocycles. The Morgan fingerprint density at radius 1 is 0.373 bits per heavy atom. The molecule has 2 atom stereocenters. The van der Waals surface area contributed by atoms with Gasteiger partial charge in [0, 0.05) is 26.7 Å². The Hall–Kier alpha value is -2.12. The molecule has 0 aromatic rings. The Bertz CT molecular complexity index is 838. The summed E-state index contributed by atoms with van der Waals surface area (Å²) in [7, 11) is 2.89. The Kier molecular flexibility index (Phi) is 76.1. The molecule has 0 N–H and O–H groups in total. The van der Waals surface area contributed by atoms with Crippen LogP contribution in [0.1, 0.15) is 249 Å². The van der Waals surface area contributed by atoms with E-state index in [2.05, 4.69) is 78.7 Å². The summed E-state index contributed by atoms with van der Waals surface area (Å²) < 4.78 is 18.8. The van der Waals surface area contributed by atoms with Crippen LogP contribution in [-0.4, -0.2) is 51.3 Å². The number of rotatable bonds is 28. The second-order valence-electron chi connectivity index (χ2n) is 16.7. The average Bonchev–Trinajstić information content (AvgIpc) is 3.10. The lowest BCUT2D eigenvalue weighted by Gasteiger charge is -2.14. The van der Waals surface area contributed by atoms with Gasteiger partial charge >= 0.3 is 23.9 Å². The van der Waals surface area contributed by atoms with E-state index in [0.29, 0.717) is 26.1 Å². The minimum Gasteiger partial charge on any atom is -0.469 e. The summed E-state index contributed by atoms with van der Waals surface area (Å²) in [6.07, 6.45) is 22.5. The highest BCUT2D eigenvalue weighted by molar-refractivity contribution is 5.69. The molecule has 0 spiro atoms. The molecule has 0 bridgehead atoms. The van der Waals surface area contributed by atoms with Gasteiger partial charge in [-0.3, -0.25) is 19.2 Å². The fraction of sp³-hybridized carbons (Fsp3) is 0.922. The van der Waals surface area contributed by atoms with Crippen LogP contribution in [-0.2, 0) is 38.1 Å². The van der Waals surface area contributed by atoms with Crippen molar-refractivity contribution in [2.24, 2.45) is 35.5 Å². The van der Waals surface area contributed by atoms with Crippen molar-refractivity contribution in [3.8, 4) is 0 Å². The standard InChI is InChI=1S/2C12H24O2.2C11H22O2.5CH4/c1-10(2)11(3)8-6-5-7-9-12(13)14-4;1-10(2)11(3)8-6-5-7-9-14-12(4)13;1-10(2)8-6-4-5-7-9-11(12)13-3;1-10(2)8-6-4-5-7-9-13-11(3)12;;;;;/h2*10-11H,5-9H2,1-4H3;2*10H,4-9H2,1-3H3;5*1H4. The van der Waals surface area contributed by atoms with Crippen molar-refractivity contribution in [1.82, 2.24) is 0 Å². The number of esters is 4. The predicted molar refractivity (Wildman–Crippen MR) is 261 cm³/mol. The van der Waals surface area contributed by atoms with Crippen molar-refractivity contribution >= 4 is 23.9 Å². The minimum absolute atomic E-state index is 0. The number of carbonyl (C=O) groups excluding carboxylic acids is 4. The van der Waals surface area contributed by atoms with Crippen molar-refractivity contribution in [1.29, 1.82) is 0 Å². The first-order valence-corrected chi connectivity index (χ1v) is 21.8. The van der Waals surface area contributed by atoms with Crippen LogP contribution in [0.4, 0.5) is 0 Å². The third-order valence-corrected chi connectivity index (χ3v) is 9.77. The number of ether oxygens (including phenoxy) is 4. The summed E-state index contributed by atoms with van der Waals surface area (Å²) in [5, 5.41) is 0. The topological polar surface area (TPSA) is 105 Å². The average molecular weight is 853 g/mol. The zero-order chi connectivity index (χ0) is 42.2. The summed E-state index contributed by atoms with van der Waals surface area (Å²) in [4.78, 5) is 42.4. The lowest BCUT2D eigenvalue weighted by Crippen LogP contribution is -2.04. The van der Waals surface area contributed by atoms with Crippen LogP contribution in [0.5, 0.6) is 0 Å². The van der Waals surface area contributed by atoms with Crippen molar-refractivity contribution in [2.75, 3.05) is 27.4 Å². The number of hydrogen-bond donors (Lipinski definition) is 0. The second kappa shape index (κ2) is 58.0. The van der Waals surface area contributed by atoms with E-state index in [1.807, 2.05) is 0 Å². The van der Waals surface area contributed by atoms with Crippen LogP contribution in [0, 0.1) is 35.5 Å². The van der Waals surface area contributed by atoms with Crippen LogP contribution in [0.2, 0.25) is 0 Å². The van der Waals surface area contributed by atoms with Gasteiger partial charge in [-0.15, -0.1) is 0 Å². The van der Waals surface area contributed by atoms with Gasteiger partial charge in [-0.05, 0) is 61.2 Å². The molecule has 0 heterocycles. The molecule has 59 heavy (non-hydrogen) atoms. The molecule has 2 unspecified atom stereocenters. The maximum Gasteiger partial charge on any atom is 0.305 e. The normalized spacial score (nSPS) is 10.7. The molecule has 0 rings (SSSR count). The van der Waals surface area contributed by atoms with E-state index in [0.717, 1.165) is 74.0 Å². The fourth-order valence-corrected chi connectivity index (χ4v) is 5.14. The fourth-order valence-electron chi connectivity index (χ4n) is 5.14. The molecule has 0 aliphatic heterocycles. The summed E-state index contributed by atoms with van der Waals surface area (Å²) in [6.45, 7) is 26.7. The highest BCUT2D eigenvalue weighted by atomic mass is 16.5. The SMILES string of the molecule is C.C.C.C.C.CC(=O)OCCCCCC(C)C(C)C.CC(=O)OCCCCCCC(C)C.COC(=O)CCCCCC(C)C(C)C.COC(=O)CCCCCCC(C)C. The molecule has 0 saturated heterocycles. The highest BCUT2D eigenvalue weighted by Gasteiger charge is 2.07.